The molecule has 1 aliphatic rings. The van der Waals surface area contributed by atoms with Gasteiger partial charge >= 0.3 is 0 Å². The Morgan fingerprint density at radius 2 is 1.96 bits per heavy atom. The highest BCUT2D eigenvalue weighted by atomic mass is 31.0. The first kappa shape index (κ1) is 25.6. The average molecular weight is 407 g/mol. The molecule has 1 aliphatic carbocycles. The van der Waals surface area contributed by atoms with Crippen LogP contribution < -0.4 is 0 Å². The van der Waals surface area contributed by atoms with Crippen molar-refractivity contribution in [2.45, 2.75) is 117 Å². The van der Waals surface area contributed by atoms with Crippen LogP contribution in [0.5, 0.6) is 0 Å². The second-order valence-corrected chi connectivity index (χ2v) is 10.4. The number of unbranched alkanes of at least 4 members (excludes halogenated alkanes) is 1. The van der Waals surface area contributed by atoms with Gasteiger partial charge in [-0.1, -0.05) is 75.0 Å². The van der Waals surface area contributed by atoms with Gasteiger partial charge in [-0.3, -0.25) is 0 Å². The molecule has 0 heterocycles. The smallest absolute Gasteiger partial charge is 0.0622 e. The van der Waals surface area contributed by atoms with Crippen molar-refractivity contribution in [1.82, 2.24) is 0 Å². The molecular formula is C26H47OP. The summed E-state index contributed by atoms with van der Waals surface area (Å²) in [6.45, 7) is 13.4. The SMILES string of the molecule is CCCCC(C)(O)CC/C=C(\C)CCCC(C)CCC1=CC=C(C)C(C)C1P. The van der Waals surface area contributed by atoms with Crippen molar-refractivity contribution in [1.29, 1.82) is 0 Å². The molecular weight excluding hydrogens is 359 g/mol. The predicted molar refractivity (Wildman–Crippen MR) is 130 cm³/mol. The summed E-state index contributed by atoms with van der Waals surface area (Å²) >= 11 is 0. The first-order valence-corrected chi connectivity index (χ1v) is 12.3. The van der Waals surface area contributed by atoms with E-state index >= 15 is 0 Å². The topological polar surface area (TPSA) is 20.2 Å². The molecule has 0 spiro atoms. The molecule has 0 aromatic heterocycles. The molecule has 5 unspecified atom stereocenters. The second-order valence-electron chi connectivity index (χ2n) is 9.69. The van der Waals surface area contributed by atoms with E-state index in [4.69, 9.17) is 0 Å². The molecule has 0 fully saturated rings. The van der Waals surface area contributed by atoms with Gasteiger partial charge in [0.2, 0.25) is 0 Å². The number of rotatable bonds is 13. The fourth-order valence-corrected chi connectivity index (χ4v) is 4.64. The average Bonchev–Trinajstić information content (AvgIpc) is 2.64. The Balaban J connectivity index is 2.24. The van der Waals surface area contributed by atoms with Gasteiger partial charge < -0.3 is 5.11 Å². The van der Waals surface area contributed by atoms with Crippen molar-refractivity contribution < 1.29 is 5.11 Å². The fraction of sp³-hybridized carbons (Fsp3) is 0.769. The summed E-state index contributed by atoms with van der Waals surface area (Å²) < 4.78 is 0. The Labute approximate surface area is 178 Å². The zero-order valence-electron chi connectivity index (χ0n) is 19.6. The zero-order valence-corrected chi connectivity index (χ0v) is 20.7. The molecule has 1 nitrogen and oxygen atoms in total. The Bertz CT molecular complexity index is 541. The summed E-state index contributed by atoms with van der Waals surface area (Å²) in [4.78, 5) is 0. The summed E-state index contributed by atoms with van der Waals surface area (Å²) in [6.07, 6.45) is 18.5. The second kappa shape index (κ2) is 13.0. The Hall–Kier alpha value is -0.390. The van der Waals surface area contributed by atoms with Crippen LogP contribution in [0.3, 0.4) is 0 Å². The molecule has 0 aromatic carbocycles. The number of aliphatic hydroxyl groups is 1. The lowest BCUT2D eigenvalue weighted by atomic mass is 9.85. The lowest BCUT2D eigenvalue weighted by Gasteiger charge is -2.27. The Morgan fingerprint density at radius 3 is 2.64 bits per heavy atom. The monoisotopic (exact) mass is 406 g/mol. The fourth-order valence-electron chi connectivity index (χ4n) is 4.06. The van der Waals surface area contributed by atoms with Crippen molar-refractivity contribution >= 4 is 9.24 Å². The van der Waals surface area contributed by atoms with Crippen molar-refractivity contribution in [3.63, 3.8) is 0 Å². The predicted octanol–water partition coefficient (Wildman–Crippen LogP) is 8.01. The lowest BCUT2D eigenvalue weighted by molar-refractivity contribution is 0.0407. The quantitative estimate of drug-likeness (QED) is 0.242. The summed E-state index contributed by atoms with van der Waals surface area (Å²) in [5.74, 6) is 1.46. The molecule has 0 aromatic rings. The van der Waals surface area contributed by atoms with Crippen LogP contribution in [0.4, 0.5) is 0 Å². The first-order chi connectivity index (χ1) is 13.2. The van der Waals surface area contributed by atoms with Crippen molar-refractivity contribution in [2.75, 3.05) is 0 Å². The molecule has 0 aliphatic heterocycles. The molecule has 0 amide bonds. The minimum atomic E-state index is -0.490. The van der Waals surface area contributed by atoms with Gasteiger partial charge in [-0.15, -0.1) is 9.24 Å². The van der Waals surface area contributed by atoms with Crippen LogP contribution in [0.1, 0.15) is 106 Å². The van der Waals surface area contributed by atoms with Crippen LogP contribution in [0.15, 0.2) is 34.9 Å². The lowest BCUT2D eigenvalue weighted by Crippen LogP contribution is -2.23. The summed E-state index contributed by atoms with van der Waals surface area (Å²) in [7, 11) is 3.06. The van der Waals surface area contributed by atoms with Crippen LogP contribution in [-0.4, -0.2) is 16.4 Å². The van der Waals surface area contributed by atoms with E-state index in [0.29, 0.717) is 11.6 Å². The third kappa shape index (κ3) is 9.89. The van der Waals surface area contributed by atoms with Gasteiger partial charge in [0.1, 0.15) is 0 Å². The van der Waals surface area contributed by atoms with E-state index in [1.807, 2.05) is 6.92 Å². The Morgan fingerprint density at radius 1 is 1.25 bits per heavy atom. The number of hydrogen-bond acceptors (Lipinski definition) is 1. The molecule has 1 N–H and O–H groups in total. The molecule has 2 heteroatoms. The van der Waals surface area contributed by atoms with Crippen molar-refractivity contribution in [3.8, 4) is 0 Å². The first-order valence-electron chi connectivity index (χ1n) is 11.7. The molecule has 0 radical (unpaired) electrons. The summed E-state index contributed by atoms with van der Waals surface area (Å²) in [5, 5.41) is 10.4. The standard InChI is InChI=1S/C26H47OP/c1-7-8-18-26(6,27)19-10-13-20(2)11-9-12-21(3)14-16-24-17-15-22(4)23(5)25(24)28/h13,15,17,21,23,25,27H,7-12,14,16,18-19,28H2,1-6H3/b20-13+. The molecule has 0 bridgehead atoms. The molecule has 0 saturated carbocycles. The number of allylic oxidation sites excluding steroid dienone is 6. The maximum absolute atomic E-state index is 10.4. The molecule has 162 valence electrons. The van der Waals surface area contributed by atoms with Gasteiger partial charge in [0.25, 0.3) is 0 Å². The normalized spacial score (nSPS) is 23.8. The van der Waals surface area contributed by atoms with E-state index in [1.54, 1.807) is 5.57 Å². The largest absolute Gasteiger partial charge is 0.390 e. The third-order valence-corrected chi connectivity index (χ3v) is 7.69. The van der Waals surface area contributed by atoms with Gasteiger partial charge in [-0.2, -0.15) is 0 Å². The molecule has 0 saturated heterocycles. The van der Waals surface area contributed by atoms with Crippen LogP contribution in [0, 0.1) is 11.8 Å². The van der Waals surface area contributed by atoms with Crippen LogP contribution >= 0.6 is 9.24 Å². The summed E-state index contributed by atoms with van der Waals surface area (Å²) in [6, 6.07) is 0. The highest BCUT2D eigenvalue weighted by molar-refractivity contribution is 7.18. The van der Waals surface area contributed by atoms with Gasteiger partial charge in [0.05, 0.1) is 5.60 Å². The van der Waals surface area contributed by atoms with Crippen molar-refractivity contribution in [3.05, 3.63) is 34.9 Å². The van der Waals surface area contributed by atoms with Crippen LogP contribution in [0.25, 0.3) is 0 Å². The molecule has 1 rings (SSSR count). The van der Waals surface area contributed by atoms with Gasteiger partial charge in [0, 0.05) is 5.66 Å². The van der Waals surface area contributed by atoms with Gasteiger partial charge in [-0.05, 0) is 77.6 Å². The minimum Gasteiger partial charge on any atom is -0.390 e. The van der Waals surface area contributed by atoms with E-state index in [0.717, 1.165) is 38.0 Å². The minimum absolute atomic E-state index is 0.490. The van der Waals surface area contributed by atoms with Crippen molar-refractivity contribution in [2.24, 2.45) is 11.8 Å². The van der Waals surface area contributed by atoms with E-state index in [2.05, 4.69) is 62.1 Å². The van der Waals surface area contributed by atoms with E-state index in [-0.39, 0.29) is 0 Å². The maximum Gasteiger partial charge on any atom is 0.0622 e. The van der Waals surface area contributed by atoms with Gasteiger partial charge in [0.15, 0.2) is 0 Å². The third-order valence-electron chi connectivity index (χ3n) is 6.68. The van der Waals surface area contributed by atoms with Crippen LogP contribution in [0.2, 0.25) is 0 Å². The van der Waals surface area contributed by atoms with Crippen LogP contribution in [-0.2, 0) is 0 Å². The van der Waals surface area contributed by atoms with E-state index < -0.39 is 5.60 Å². The Kier molecular flexibility index (Phi) is 11.9. The zero-order chi connectivity index (χ0) is 21.2. The van der Waals surface area contributed by atoms with Gasteiger partial charge in [-0.25, -0.2) is 0 Å². The molecule has 5 atom stereocenters. The summed E-state index contributed by atoms with van der Waals surface area (Å²) in [5.41, 5.74) is 4.74. The highest BCUT2D eigenvalue weighted by Crippen LogP contribution is 2.34. The molecule has 28 heavy (non-hydrogen) atoms. The number of hydrogen-bond donors (Lipinski definition) is 1. The van der Waals surface area contributed by atoms with E-state index in [1.165, 1.54) is 43.3 Å². The highest BCUT2D eigenvalue weighted by Gasteiger charge is 2.21. The van der Waals surface area contributed by atoms with E-state index in [9.17, 15) is 5.11 Å². The maximum atomic E-state index is 10.4.